The lowest BCUT2D eigenvalue weighted by Crippen LogP contribution is -2.44. The van der Waals surface area contributed by atoms with Gasteiger partial charge in [-0.1, -0.05) is 61.5 Å². The van der Waals surface area contributed by atoms with Crippen LogP contribution in [0.5, 0.6) is 5.75 Å². The highest BCUT2D eigenvalue weighted by atomic mass is 16.5. The molecule has 2 aliphatic rings. The van der Waals surface area contributed by atoms with Gasteiger partial charge in [0.05, 0.1) is 25.9 Å². The van der Waals surface area contributed by atoms with E-state index in [1.165, 1.54) is 7.11 Å². The zero-order chi connectivity index (χ0) is 30.6. The zero-order valence-corrected chi connectivity index (χ0v) is 24.5. The lowest BCUT2D eigenvalue weighted by atomic mass is 9.83. The van der Waals surface area contributed by atoms with Gasteiger partial charge in [-0.25, -0.2) is 0 Å². The number of β-lactam (4-membered cyclic amide) rings is 1. The van der Waals surface area contributed by atoms with Gasteiger partial charge in [-0.3, -0.25) is 14.4 Å². The van der Waals surface area contributed by atoms with E-state index in [0.29, 0.717) is 36.5 Å². The molecule has 2 aliphatic heterocycles. The number of aliphatic hydroxyl groups excluding tert-OH is 1. The smallest absolute Gasteiger partial charge is 0.264 e. The monoisotopic (exact) mass is 583 g/mol. The van der Waals surface area contributed by atoms with Crippen LogP contribution >= 0.6 is 0 Å². The number of rotatable bonds is 12. The highest BCUT2D eigenvalue weighted by Gasteiger charge is 2.52. The summed E-state index contributed by atoms with van der Waals surface area (Å²) in [5, 5.41) is 21.6. The number of hydrogen-bond donors (Lipinski definition) is 2. The number of benzene rings is 3. The third-order valence-corrected chi connectivity index (χ3v) is 8.20. The highest BCUT2D eigenvalue weighted by molar-refractivity contribution is 6.07. The summed E-state index contributed by atoms with van der Waals surface area (Å²) in [5.74, 6) is -0.739. The van der Waals surface area contributed by atoms with Gasteiger partial charge in [-0.2, -0.15) is 0 Å². The van der Waals surface area contributed by atoms with E-state index in [0.717, 1.165) is 16.8 Å². The van der Waals surface area contributed by atoms with E-state index in [1.807, 2.05) is 54.6 Å². The number of carbonyl (C=O) groups is 3. The quantitative estimate of drug-likeness (QED) is 0.248. The molecular weight excluding hydrogens is 546 g/mol. The van der Waals surface area contributed by atoms with Crippen molar-refractivity contribution in [2.24, 2.45) is 5.92 Å². The molecule has 2 N–H and O–H groups in total. The average Bonchev–Trinajstić information content (AvgIpc) is 3.22. The van der Waals surface area contributed by atoms with Crippen molar-refractivity contribution in [3.05, 3.63) is 102 Å². The molecule has 0 aromatic heterocycles. The maximum atomic E-state index is 14.0. The number of fused-ring (bicyclic) bond motifs is 1. The summed E-state index contributed by atoms with van der Waals surface area (Å²) in [6.45, 7) is 3.05. The highest BCUT2D eigenvalue weighted by Crippen LogP contribution is 2.47. The van der Waals surface area contributed by atoms with Gasteiger partial charge in [0.2, 0.25) is 11.8 Å². The summed E-state index contributed by atoms with van der Waals surface area (Å²) in [6, 6.07) is 22.3. The standard InChI is InChI=1S/C34H37N3O6/c1-24(8-6-13-31(39)35(18-19-38)22-25-9-4-3-5-10-25)34(42)29-21-28(43-2)14-15-30(29)37(33(34)41)23-26-11-7-12-27(20-26)36-17-16-32(36)40/h3-12,14-15,20-21,24,38,42H,13,16-19,22-23H2,1-2H3/b8-6+/t24-,34+/m0/s1. The summed E-state index contributed by atoms with van der Waals surface area (Å²) in [4.78, 5) is 43.9. The summed E-state index contributed by atoms with van der Waals surface area (Å²) in [6.07, 6.45) is 3.95. The van der Waals surface area contributed by atoms with Crippen LogP contribution in [0.3, 0.4) is 0 Å². The number of nitrogens with zero attached hydrogens (tertiary/aromatic N) is 3. The molecule has 2 atom stereocenters. The van der Waals surface area contributed by atoms with E-state index in [9.17, 15) is 24.6 Å². The van der Waals surface area contributed by atoms with Gasteiger partial charge >= 0.3 is 0 Å². The Labute approximate surface area is 251 Å². The topological polar surface area (TPSA) is 111 Å². The minimum absolute atomic E-state index is 0.0537. The number of anilines is 2. The Morgan fingerprint density at radius 2 is 1.84 bits per heavy atom. The molecule has 3 aromatic carbocycles. The van der Waals surface area contributed by atoms with E-state index in [1.54, 1.807) is 52.0 Å². The van der Waals surface area contributed by atoms with Gasteiger partial charge in [0.15, 0.2) is 5.60 Å². The van der Waals surface area contributed by atoms with Crippen LogP contribution in [0.2, 0.25) is 0 Å². The summed E-state index contributed by atoms with van der Waals surface area (Å²) in [5.41, 5.74) is 1.69. The molecule has 9 heteroatoms. The predicted octanol–water partition coefficient (Wildman–Crippen LogP) is 3.77. The van der Waals surface area contributed by atoms with Crippen molar-refractivity contribution < 1.29 is 29.3 Å². The number of amides is 3. The average molecular weight is 584 g/mol. The van der Waals surface area contributed by atoms with Crippen LogP contribution in [0, 0.1) is 5.92 Å². The van der Waals surface area contributed by atoms with Crippen LogP contribution in [-0.4, -0.2) is 59.6 Å². The van der Waals surface area contributed by atoms with Gasteiger partial charge in [-0.15, -0.1) is 0 Å². The minimum Gasteiger partial charge on any atom is -0.497 e. The van der Waals surface area contributed by atoms with Crippen LogP contribution in [0.15, 0.2) is 84.9 Å². The van der Waals surface area contributed by atoms with E-state index < -0.39 is 17.4 Å². The van der Waals surface area contributed by atoms with Crippen LogP contribution in [0.1, 0.15) is 36.5 Å². The lowest BCUT2D eigenvalue weighted by molar-refractivity contribution is -0.139. The molecule has 5 rings (SSSR count). The van der Waals surface area contributed by atoms with Gasteiger partial charge in [-0.05, 0) is 41.5 Å². The van der Waals surface area contributed by atoms with Crippen molar-refractivity contribution in [2.75, 3.05) is 36.6 Å². The van der Waals surface area contributed by atoms with Crippen molar-refractivity contribution in [3.63, 3.8) is 0 Å². The molecule has 3 aromatic rings. The van der Waals surface area contributed by atoms with Crippen molar-refractivity contribution in [1.82, 2.24) is 4.90 Å². The molecule has 0 aliphatic carbocycles. The maximum Gasteiger partial charge on any atom is 0.264 e. The van der Waals surface area contributed by atoms with Crippen LogP contribution < -0.4 is 14.5 Å². The Morgan fingerprint density at radius 3 is 2.51 bits per heavy atom. The van der Waals surface area contributed by atoms with Crippen molar-refractivity contribution in [3.8, 4) is 5.75 Å². The molecule has 224 valence electrons. The first kappa shape index (κ1) is 30.0. The fraction of sp³-hybridized carbons (Fsp3) is 0.324. The molecule has 1 fully saturated rings. The summed E-state index contributed by atoms with van der Waals surface area (Å²) >= 11 is 0. The minimum atomic E-state index is -1.89. The molecule has 2 heterocycles. The van der Waals surface area contributed by atoms with Gasteiger partial charge < -0.3 is 29.6 Å². The molecule has 0 unspecified atom stereocenters. The molecular formula is C34H37N3O6. The largest absolute Gasteiger partial charge is 0.497 e. The van der Waals surface area contributed by atoms with E-state index in [-0.39, 0.29) is 37.9 Å². The van der Waals surface area contributed by atoms with Gasteiger partial charge in [0.25, 0.3) is 5.91 Å². The molecule has 9 nitrogen and oxygen atoms in total. The Bertz CT molecular complexity index is 1520. The maximum absolute atomic E-state index is 14.0. The molecule has 0 saturated carbocycles. The van der Waals surface area contributed by atoms with Gasteiger partial charge in [0.1, 0.15) is 5.75 Å². The molecule has 0 bridgehead atoms. The van der Waals surface area contributed by atoms with Crippen LogP contribution in [0.4, 0.5) is 11.4 Å². The SMILES string of the molecule is COc1ccc2c(c1)[C@](O)([C@@H](C)/C=C/CC(=O)N(CCO)Cc1ccccc1)C(=O)N2Cc1cccc(N2CCC2=O)c1. The molecule has 43 heavy (non-hydrogen) atoms. The normalized spacial score (nSPS) is 18.5. The Balaban J connectivity index is 1.35. The predicted molar refractivity (Wildman–Crippen MR) is 163 cm³/mol. The molecule has 3 amide bonds. The van der Waals surface area contributed by atoms with E-state index in [2.05, 4.69) is 0 Å². The summed E-state index contributed by atoms with van der Waals surface area (Å²) < 4.78 is 5.42. The number of carbonyl (C=O) groups excluding carboxylic acids is 3. The number of aliphatic hydroxyl groups is 2. The number of methoxy groups -OCH3 is 1. The Kier molecular flexibility index (Phi) is 8.94. The Hall–Kier alpha value is -4.47. The fourth-order valence-corrected chi connectivity index (χ4v) is 5.66. The molecule has 1 saturated heterocycles. The van der Waals surface area contributed by atoms with Crippen LogP contribution in [0.25, 0.3) is 0 Å². The third kappa shape index (κ3) is 6.04. The summed E-state index contributed by atoms with van der Waals surface area (Å²) in [7, 11) is 1.53. The first-order valence-corrected chi connectivity index (χ1v) is 14.5. The van der Waals surface area contributed by atoms with Gasteiger partial charge in [0, 0.05) is 49.6 Å². The van der Waals surface area contributed by atoms with Crippen molar-refractivity contribution >= 4 is 29.1 Å². The lowest BCUT2D eigenvalue weighted by Gasteiger charge is -2.31. The number of ether oxygens (including phenoxy) is 1. The molecule has 0 spiro atoms. The number of hydrogen-bond acceptors (Lipinski definition) is 6. The second kappa shape index (κ2) is 12.8. The second-order valence-corrected chi connectivity index (χ2v) is 11.0. The second-order valence-electron chi connectivity index (χ2n) is 11.0. The molecule has 0 radical (unpaired) electrons. The van der Waals surface area contributed by atoms with Crippen molar-refractivity contribution in [1.29, 1.82) is 0 Å². The zero-order valence-electron chi connectivity index (χ0n) is 24.5. The Morgan fingerprint density at radius 1 is 1.07 bits per heavy atom. The van der Waals surface area contributed by atoms with E-state index >= 15 is 0 Å². The third-order valence-electron chi connectivity index (χ3n) is 8.20. The fourth-order valence-electron chi connectivity index (χ4n) is 5.66. The van der Waals surface area contributed by atoms with Crippen molar-refractivity contribution in [2.45, 2.75) is 38.5 Å². The van der Waals surface area contributed by atoms with Crippen LogP contribution in [-0.2, 0) is 33.1 Å². The first-order chi connectivity index (χ1) is 20.8. The van der Waals surface area contributed by atoms with E-state index in [4.69, 9.17) is 4.74 Å². The first-order valence-electron chi connectivity index (χ1n) is 14.5.